The molecule has 0 aromatic carbocycles. The molecule has 3 heterocycles. The van der Waals surface area contributed by atoms with Gasteiger partial charge in [0.05, 0.1) is 17.3 Å². The highest BCUT2D eigenvalue weighted by Gasteiger charge is 2.32. The van der Waals surface area contributed by atoms with E-state index in [2.05, 4.69) is 16.8 Å². The first-order chi connectivity index (χ1) is 11.9. The van der Waals surface area contributed by atoms with Crippen molar-refractivity contribution < 1.29 is 9.90 Å². The van der Waals surface area contributed by atoms with Crippen LogP contribution in [0.2, 0.25) is 0 Å². The number of aromatic nitrogens is 2. The lowest BCUT2D eigenvalue weighted by Crippen LogP contribution is -2.29. The minimum absolute atomic E-state index is 0.0483. The number of carboxylic acids is 1. The molecule has 134 valence electrons. The molecule has 1 fully saturated rings. The Balaban J connectivity index is 1.67. The molecule has 3 unspecified atom stereocenters. The number of hydrogen-bond donors (Lipinski definition) is 2. The third kappa shape index (κ3) is 2.89. The van der Waals surface area contributed by atoms with Crippen LogP contribution in [0.15, 0.2) is 4.79 Å². The van der Waals surface area contributed by atoms with E-state index in [0.717, 1.165) is 36.0 Å². The molecule has 25 heavy (non-hydrogen) atoms. The summed E-state index contributed by atoms with van der Waals surface area (Å²) in [6.45, 7) is 5.48. The summed E-state index contributed by atoms with van der Waals surface area (Å²) in [5.41, 5.74) is 1.14. The van der Waals surface area contributed by atoms with Gasteiger partial charge in [0.15, 0.2) is 0 Å². The lowest BCUT2D eigenvalue weighted by molar-refractivity contribution is -0.141. The van der Waals surface area contributed by atoms with Crippen molar-refractivity contribution in [2.75, 3.05) is 13.1 Å². The Morgan fingerprint density at radius 2 is 2.24 bits per heavy atom. The standard InChI is InChI=1S/C18H23N3O3S/c1-9-3-4-12-13(7-9)25-17-14(12)16(22)19-15(20-17)10(2)21-6-5-11(8-21)18(23)24/h9-11H,3-8H2,1-2H3,(H,23,24)(H,19,20,22). The third-order valence-corrected chi connectivity index (χ3v) is 6.84. The Morgan fingerprint density at radius 3 is 2.96 bits per heavy atom. The summed E-state index contributed by atoms with van der Waals surface area (Å²) in [4.78, 5) is 35.8. The van der Waals surface area contributed by atoms with Crippen molar-refractivity contribution in [2.24, 2.45) is 11.8 Å². The number of nitrogens with one attached hydrogen (secondary N) is 1. The summed E-state index contributed by atoms with van der Waals surface area (Å²) in [5, 5.41) is 9.96. The number of nitrogens with zero attached hydrogens (tertiary/aromatic N) is 2. The van der Waals surface area contributed by atoms with Crippen LogP contribution in [0.4, 0.5) is 0 Å². The first-order valence-corrected chi connectivity index (χ1v) is 9.77. The van der Waals surface area contributed by atoms with E-state index >= 15 is 0 Å². The molecule has 2 aliphatic rings. The van der Waals surface area contributed by atoms with Crippen LogP contribution in [0.5, 0.6) is 0 Å². The second kappa shape index (κ2) is 6.21. The van der Waals surface area contributed by atoms with Gasteiger partial charge in [0.1, 0.15) is 10.7 Å². The molecule has 0 radical (unpaired) electrons. The largest absolute Gasteiger partial charge is 0.481 e. The van der Waals surface area contributed by atoms with Gasteiger partial charge in [-0.3, -0.25) is 14.5 Å². The van der Waals surface area contributed by atoms with Gasteiger partial charge in [-0.15, -0.1) is 11.3 Å². The molecule has 0 spiro atoms. The lowest BCUT2D eigenvalue weighted by atomic mass is 9.89. The molecular formula is C18H23N3O3S. The van der Waals surface area contributed by atoms with E-state index in [9.17, 15) is 14.7 Å². The Kier molecular flexibility index (Phi) is 4.16. The van der Waals surface area contributed by atoms with Gasteiger partial charge in [-0.2, -0.15) is 0 Å². The van der Waals surface area contributed by atoms with Crippen molar-refractivity contribution in [3.63, 3.8) is 0 Å². The second-order valence-electron chi connectivity index (χ2n) is 7.48. The monoisotopic (exact) mass is 361 g/mol. The molecule has 1 aliphatic heterocycles. The highest BCUT2D eigenvalue weighted by molar-refractivity contribution is 7.18. The maximum Gasteiger partial charge on any atom is 0.307 e. The molecule has 2 aromatic rings. The van der Waals surface area contributed by atoms with Gasteiger partial charge in [0, 0.05) is 11.4 Å². The summed E-state index contributed by atoms with van der Waals surface area (Å²) in [5.74, 6) is 0.242. The van der Waals surface area contributed by atoms with Crippen molar-refractivity contribution in [3.8, 4) is 0 Å². The van der Waals surface area contributed by atoms with Crippen LogP contribution in [-0.2, 0) is 17.6 Å². The number of carbonyl (C=O) groups is 1. The van der Waals surface area contributed by atoms with E-state index < -0.39 is 5.97 Å². The fourth-order valence-corrected chi connectivity index (χ4v) is 5.47. The average molecular weight is 361 g/mol. The average Bonchev–Trinajstić information content (AvgIpc) is 3.18. The minimum Gasteiger partial charge on any atom is -0.481 e. The zero-order chi connectivity index (χ0) is 17.7. The van der Waals surface area contributed by atoms with Crippen LogP contribution >= 0.6 is 11.3 Å². The predicted molar refractivity (Wildman–Crippen MR) is 97.2 cm³/mol. The number of carboxylic acid groups (broad SMARTS) is 1. The third-order valence-electron chi connectivity index (χ3n) is 5.70. The second-order valence-corrected chi connectivity index (χ2v) is 8.56. The maximum absolute atomic E-state index is 12.7. The number of fused-ring (bicyclic) bond motifs is 3. The van der Waals surface area contributed by atoms with E-state index in [-0.39, 0.29) is 17.5 Å². The molecule has 0 bridgehead atoms. The molecule has 0 saturated carbocycles. The van der Waals surface area contributed by atoms with Gasteiger partial charge < -0.3 is 10.1 Å². The Hall–Kier alpha value is -1.73. The summed E-state index contributed by atoms with van der Waals surface area (Å²) >= 11 is 1.65. The Labute approximate surface area is 149 Å². The van der Waals surface area contributed by atoms with Crippen molar-refractivity contribution in [1.29, 1.82) is 0 Å². The van der Waals surface area contributed by atoms with Crippen molar-refractivity contribution in [2.45, 2.75) is 45.6 Å². The van der Waals surface area contributed by atoms with Gasteiger partial charge in [0.25, 0.3) is 5.56 Å². The normalized spacial score (nSPS) is 25.2. The number of H-pyrrole nitrogens is 1. The predicted octanol–water partition coefficient (Wildman–Crippen LogP) is 2.58. The highest BCUT2D eigenvalue weighted by atomic mass is 32.1. The number of aliphatic carboxylic acids is 1. The van der Waals surface area contributed by atoms with Crippen LogP contribution in [-0.4, -0.2) is 39.0 Å². The number of aryl methyl sites for hydroxylation is 1. The van der Waals surface area contributed by atoms with Gasteiger partial charge in [0.2, 0.25) is 0 Å². The fraction of sp³-hybridized carbons (Fsp3) is 0.611. The van der Waals surface area contributed by atoms with Crippen molar-refractivity contribution in [3.05, 3.63) is 26.6 Å². The van der Waals surface area contributed by atoms with Crippen molar-refractivity contribution >= 4 is 27.5 Å². The summed E-state index contributed by atoms with van der Waals surface area (Å²) in [7, 11) is 0. The molecule has 2 N–H and O–H groups in total. The molecule has 3 atom stereocenters. The number of rotatable bonds is 3. The van der Waals surface area contributed by atoms with Crippen LogP contribution in [0, 0.1) is 11.8 Å². The van der Waals surface area contributed by atoms with Crippen LogP contribution in [0.25, 0.3) is 10.2 Å². The van der Waals surface area contributed by atoms with Crippen LogP contribution in [0.1, 0.15) is 49.0 Å². The maximum atomic E-state index is 12.7. The van der Waals surface area contributed by atoms with Crippen LogP contribution < -0.4 is 5.56 Å². The SMILES string of the molecule is CC1CCc2c(sc3nc(C(C)N4CCC(C(=O)O)C4)[nH]c(=O)c23)C1. The van der Waals surface area contributed by atoms with E-state index in [1.807, 2.05) is 6.92 Å². The highest BCUT2D eigenvalue weighted by Crippen LogP contribution is 2.36. The number of aromatic amines is 1. The molecule has 1 aliphatic carbocycles. The van der Waals surface area contributed by atoms with Gasteiger partial charge in [-0.05, 0) is 50.6 Å². The topological polar surface area (TPSA) is 86.3 Å². The smallest absolute Gasteiger partial charge is 0.307 e. The molecule has 0 amide bonds. The van der Waals surface area contributed by atoms with Gasteiger partial charge in [-0.1, -0.05) is 6.92 Å². The number of hydrogen-bond acceptors (Lipinski definition) is 5. The molecule has 2 aromatic heterocycles. The van der Waals surface area contributed by atoms with Gasteiger partial charge >= 0.3 is 5.97 Å². The Morgan fingerprint density at radius 1 is 1.44 bits per heavy atom. The summed E-state index contributed by atoms with van der Waals surface area (Å²) in [6, 6.07) is -0.0838. The number of thiophene rings is 1. The minimum atomic E-state index is -0.744. The Bertz CT molecular complexity index is 888. The first-order valence-electron chi connectivity index (χ1n) is 8.95. The van der Waals surface area contributed by atoms with E-state index in [1.165, 1.54) is 10.4 Å². The number of likely N-dealkylation sites (tertiary alicyclic amines) is 1. The molecular weight excluding hydrogens is 338 g/mol. The summed E-state index contributed by atoms with van der Waals surface area (Å²) < 4.78 is 0. The zero-order valence-corrected chi connectivity index (χ0v) is 15.4. The van der Waals surface area contributed by atoms with Gasteiger partial charge in [-0.25, -0.2) is 4.98 Å². The quantitative estimate of drug-likeness (QED) is 0.877. The fourth-order valence-electron chi connectivity index (χ4n) is 4.08. The van der Waals surface area contributed by atoms with E-state index in [0.29, 0.717) is 24.7 Å². The molecule has 7 heteroatoms. The van der Waals surface area contributed by atoms with Crippen LogP contribution in [0.3, 0.4) is 0 Å². The lowest BCUT2D eigenvalue weighted by Gasteiger charge is -2.23. The zero-order valence-electron chi connectivity index (χ0n) is 14.5. The van der Waals surface area contributed by atoms with Crippen molar-refractivity contribution in [1.82, 2.24) is 14.9 Å². The molecule has 6 nitrogen and oxygen atoms in total. The summed E-state index contributed by atoms with van der Waals surface area (Å²) in [6.07, 6.45) is 3.77. The van der Waals surface area contributed by atoms with E-state index in [4.69, 9.17) is 4.98 Å². The van der Waals surface area contributed by atoms with E-state index in [1.54, 1.807) is 11.3 Å². The molecule has 1 saturated heterocycles. The first kappa shape index (κ1) is 16.7. The molecule has 4 rings (SSSR count).